The number of aromatic nitrogens is 4. The lowest BCUT2D eigenvalue weighted by atomic mass is 10.1. The fourth-order valence-corrected chi connectivity index (χ4v) is 3.27. The molecule has 0 saturated carbocycles. The Kier molecular flexibility index (Phi) is 5.09. The van der Waals surface area contributed by atoms with Gasteiger partial charge in [-0.05, 0) is 30.4 Å². The molecular weight excluding hydrogens is 340 g/mol. The number of hydrogen-bond donors (Lipinski definition) is 2. The van der Waals surface area contributed by atoms with Gasteiger partial charge in [-0.15, -0.1) is 0 Å². The lowest BCUT2D eigenvalue weighted by Gasteiger charge is -2.29. The molecule has 138 valence electrons. The number of aryl methyl sites for hydroxylation is 1. The van der Waals surface area contributed by atoms with E-state index in [1.54, 1.807) is 12.4 Å². The van der Waals surface area contributed by atoms with Crippen LogP contribution in [-0.4, -0.2) is 39.2 Å². The molecule has 3 aromatic rings. The molecule has 1 aromatic carbocycles. The zero-order chi connectivity index (χ0) is 18.5. The van der Waals surface area contributed by atoms with Gasteiger partial charge in [-0.2, -0.15) is 5.10 Å². The summed E-state index contributed by atoms with van der Waals surface area (Å²) >= 11 is 0. The molecule has 7 nitrogen and oxygen atoms in total. The first kappa shape index (κ1) is 17.2. The van der Waals surface area contributed by atoms with Gasteiger partial charge in [-0.25, -0.2) is 4.98 Å². The maximum atomic E-state index is 12.5. The number of anilines is 1. The van der Waals surface area contributed by atoms with Crippen LogP contribution in [0.3, 0.4) is 0 Å². The SMILES string of the molecule is O=C(NCCc1cn[nH]c1)c1cnc2c(n1)N(Cc1ccccc1)CCC2. The van der Waals surface area contributed by atoms with Crippen molar-refractivity contribution < 1.29 is 4.79 Å². The summed E-state index contributed by atoms with van der Waals surface area (Å²) in [5.74, 6) is 0.631. The van der Waals surface area contributed by atoms with Crippen molar-refractivity contribution in [2.75, 3.05) is 18.0 Å². The minimum atomic E-state index is -0.195. The van der Waals surface area contributed by atoms with Crippen molar-refractivity contribution in [3.8, 4) is 0 Å². The number of benzene rings is 1. The molecule has 1 aliphatic rings. The molecule has 0 bridgehead atoms. The number of hydrogen-bond acceptors (Lipinski definition) is 5. The predicted octanol–water partition coefficient (Wildman–Crippen LogP) is 2.12. The number of nitrogens with one attached hydrogen (secondary N) is 2. The van der Waals surface area contributed by atoms with Gasteiger partial charge in [0.2, 0.25) is 0 Å². The third kappa shape index (κ3) is 4.13. The van der Waals surface area contributed by atoms with Gasteiger partial charge in [0.05, 0.1) is 18.1 Å². The molecular formula is C20H22N6O. The standard InChI is InChI=1S/C20H22N6O/c27-20(21-9-8-16-11-23-24-12-16)18-13-22-17-7-4-10-26(19(17)25-18)14-15-5-2-1-3-6-15/h1-3,5-6,11-13H,4,7-10,14H2,(H,21,27)(H,23,24). The Morgan fingerprint density at radius 1 is 1.19 bits per heavy atom. The summed E-state index contributed by atoms with van der Waals surface area (Å²) in [4.78, 5) is 23.8. The Hall–Kier alpha value is -3.22. The average molecular weight is 362 g/mol. The van der Waals surface area contributed by atoms with Gasteiger partial charge in [-0.3, -0.25) is 14.9 Å². The molecule has 0 fully saturated rings. The number of aromatic amines is 1. The first-order chi connectivity index (χ1) is 13.3. The summed E-state index contributed by atoms with van der Waals surface area (Å²) in [6.45, 7) is 2.22. The maximum Gasteiger partial charge on any atom is 0.271 e. The lowest BCUT2D eigenvalue weighted by Crippen LogP contribution is -2.32. The first-order valence-electron chi connectivity index (χ1n) is 9.20. The number of carbonyl (C=O) groups excluding carboxylic acids is 1. The zero-order valence-electron chi connectivity index (χ0n) is 15.1. The van der Waals surface area contributed by atoms with Gasteiger partial charge in [0, 0.05) is 25.8 Å². The van der Waals surface area contributed by atoms with Gasteiger partial charge in [-0.1, -0.05) is 30.3 Å². The predicted molar refractivity (Wildman–Crippen MR) is 102 cm³/mol. The molecule has 1 amide bonds. The number of fused-ring (bicyclic) bond motifs is 1. The van der Waals surface area contributed by atoms with Gasteiger partial charge in [0.1, 0.15) is 5.69 Å². The summed E-state index contributed by atoms with van der Waals surface area (Å²) in [7, 11) is 0. The summed E-state index contributed by atoms with van der Waals surface area (Å²) in [5.41, 5.74) is 3.61. The van der Waals surface area contributed by atoms with E-state index in [0.29, 0.717) is 12.2 Å². The normalized spacial score (nSPS) is 13.3. The molecule has 0 saturated heterocycles. The molecule has 0 spiro atoms. The lowest BCUT2D eigenvalue weighted by molar-refractivity contribution is 0.0948. The van der Waals surface area contributed by atoms with Crippen LogP contribution in [0.2, 0.25) is 0 Å². The van der Waals surface area contributed by atoms with Crippen molar-refractivity contribution >= 4 is 11.7 Å². The molecule has 27 heavy (non-hydrogen) atoms. The number of amides is 1. The summed E-state index contributed by atoms with van der Waals surface area (Å²) in [6.07, 6.45) is 7.83. The van der Waals surface area contributed by atoms with E-state index in [1.165, 1.54) is 5.56 Å². The highest BCUT2D eigenvalue weighted by molar-refractivity contribution is 5.92. The zero-order valence-corrected chi connectivity index (χ0v) is 15.1. The first-order valence-corrected chi connectivity index (χ1v) is 9.20. The highest BCUT2D eigenvalue weighted by Gasteiger charge is 2.21. The Morgan fingerprint density at radius 2 is 2.07 bits per heavy atom. The molecule has 0 aliphatic carbocycles. The molecule has 1 aliphatic heterocycles. The van der Waals surface area contributed by atoms with Crippen LogP contribution in [0.5, 0.6) is 0 Å². The number of nitrogens with zero attached hydrogens (tertiary/aromatic N) is 4. The Morgan fingerprint density at radius 3 is 2.89 bits per heavy atom. The molecule has 0 radical (unpaired) electrons. The van der Waals surface area contributed by atoms with E-state index in [9.17, 15) is 4.79 Å². The fraction of sp³-hybridized carbons (Fsp3) is 0.300. The van der Waals surface area contributed by atoms with Crippen LogP contribution >= 0.6 is 0 Å². The van der Waals surface area contributed by atoms with Gasteiger partial charge >= 0.3 is 0 Å². The third-order valence-electron chi connectivity index (χ3n) is 4.67. The van der Waals surface area contributed by atoms with E-state index in [2.05, 4.69) is 42.5 Å². The molecule has 7 heteroatoms. The Labute approximate surface area is 157 Å². The smallest absolute Gasteiger partial charge is 0.271 e. The second-order valence-corrected chi connectivity index (χ2v) is 6.65. The van der Waals surface area contributed by atoms with Crippen molar-refractivity contribution in [1.29, 1.82) is 0 Å². The monoisotopic (exact) mass is 362 g/mol. The van der Waals surface area contributed by atoms with Crippen molar-refractivity contribution in [1.82, 2.24) is 25.5 Å². The van der Waals surface area contributed by atoms with Crippen molar-refractivity contribution in [3.05, 3.63) is 71.4 Å². The Bertz CT molecular complexity index is 894. The number of rotatable bonds is 6. The van der Waals surface area contributed by atoms with Crippen molar-refractivity contribution in [3.63, 3.8) is 0 Å². The highest BCUT2D eigenvalue weighted by Crippen LogP contribution is 2.25. The summed E-state index contributed by atoms with van der Waals surface area (Å²) in [5, 5.41) is 9.58. The van der Waals surface area contributed by atoms with Crippen LogP contribution in [-0.2, 0) is 19.4 Å². The second-order valence-electron chi connectivity index (χ2n) is 6.65. The minimum Gasteiger partial charge on any atom is -0.351 e. The molecule has 0 atom stereocenters. The third-order valence-corrected chi connectivity index (χ3v) is 4.67. The summed E-state index contributed by atoms with van der Waals surface area (Å²) < 4.78 is 0. The van der Waals surface area contributed by atoms with Gasteiger partial charge in [0.15, 0.2) is 5.82 Å². The topological polar surface area (TPSA) is 86.8 Å². The van der Waals surface area contributed by atoms with Crippen LogP contribution in [0, 0.1) is 0 Å². The maximum absolute atomic E-state index is 12.5. The van der Waals surface area contributed by atoms with Crippen LogP contribution < -0.4 is 10.2 Å². The van der Waals surface area contributed by atoms with Gasteiger partial charge < -0.3 is 10.2 Å². The van der Waals surface area contributed by atoms with E-state index >= 15 is 0 Å². The molecule has 2 N–H and O–H groups in total. The van der Waals surface area contributed by atoms with Crippen LogP contribution in [0.1, 0.15) is 33.7 Å². The molecule has 2 aromatic heterocycles. The van der Waals surface area contributed by atoms with E-state index in [0.717, 1.165) is 49.4 Å². The molecule has 3 heterocycles. The number of H-pyrrole nitrogens is 1. The minimum absolute atomic E-state index is 0.195. The quantitative estimate of drug-likeness (QED) is 0.701. The number of carbonyl (C=O) groups is 1. The molecule has 0 unspecified atom stereocenters. The Balaban J connectivity index is 1.45. The van der Waals surface area contributed by atoms with Crippen molar-refractivity contribution in [2.24, 2.45) is 0 Å². The largest absolute Gasteiger partial charge is 0.351 e. The van der Waals surface area contributed by atoms with Crippen LogP contribution in [0.4, 0.5) is 5.82 Å². The van der Waals surface area contributed by atoms with Gasteiger partial charge in [0.25, 0.3) is 5.91 Å². The van der Waals surface area contributed by atoms with E-state index in [4.69, 9.17) is 0 Å². The van der Waals surface area contributed by atoms with E-state index < -0.39 is 0 Å². The van der Waals surface area contributed by atoms with Crippen molar-refractivity contribution in [2.45, 2.75) is 25.8 Å². The van der Waals surface area contributed by atoms with Crippen LogP contribution in [0.25, 0.3) is 0 Å². The average Bonchev–Trinajstić information content (AvgIpc) is 3.22. The second kappa shape index (κ2) is 7.99. The fourth-order valence-electron chi connectivity index (χ4n) is 3.27. The van der Waals surface area contributed by atoms with Crippen LogP contribution in [0.15, 0.2) is 48.9 Å². The summed E-state index contributed by atoms with van der Waals surface area (Å²) in [6, 6.07) is 10.3. The molecule has 4 rings (SSSR count). The highest BCUT2D eigenvalue weighted by atomic mass is 16.1. The van der Waals surface area contributed by atoms with E-state index in [1.807, 2.05) is 24.4 Å². The van der Waals surface area contributed by atoms with E-state index in [-0.39, 0.29) is 5.91 Å².